The standard InChI is InChI=1S/C19H25ClN4O/c1-4-24(5-2)11-10-22-14-6-8-15(9-7-14)23-16-12-13(3)19(25)17(20)18(16)21/h6-9,12,22H,4-5,10-11,21H2,1-3H3/b23-16+. The van der Waals surface area contributed by atoms with Crippen molar-refractivity contribution < 1.29 is 4.79 Å². The molecule has 1 aromatic carbocycles. The molecule has 0 unspecified atom stereocenters. The molecule has 1 aromatic rings. The van der Waals surface area contributed by atoms with Gasteiger partial charge in [-0.15, -0.1) is 0 Å². The Labute approximate surface area is 154 Å². The van der Waals surface area contributed by atoms with E-state index in [-0.39, 0.29) is 16.5 Å². The maximum absolute atomic E-state index is 11.8. The molecule has 0 heterocycles. The molecule has 0 atom stereocenters. The van der Waals surface area contributed by atoms with Crippen LogP contribution in [0.25, 0.3) is 0 Å². The van der Waals surface area contributed by atoms with Gasteiger partial charge in [0.15, 0.2) is 0 Å². The van der Waals surface area contributed by atoms with Crippen LogP contribution in [0.2, 0.25) is 0 Å². The lowest BCUT2D eigenvalue weighted by atomic mass is 10.0. The lowest BCUT2D eigenvalue weighted by molar-refractivity contribution is -0.111. The number of hydrogen-bond acceptors (Lipinski definition) is 5. The number of ketones is 1. The van der Waals surface area contributed by atoms with Crippen LogP contribution in [0.4, 0.5) is 11.4 Å². The molecule has 0 aliphatic heterocycles. The van der Waals surface area contributed by atoms with Crippen LogP contribution in [-0.4, -0.2) is 42.6 Å². The average Bonchev–Trinajstić information content (AvgIpc) is 2.63. The predicted octanol–water partition coefficient (Wildman–Crippen LogP) is 3.45. The van der Waals surface area contributed by atoms with Crippen molar-refractivity contribution in [3.8, 4) is 0 Å². The number of halogens is 1. The monoisotopic (exact) mass is 360 g/mol. The molecule has 3 N–H and O–H groups in total. The van der Waals surface area contributed by atoms with Crippen LogP contribution in [0, 0.1) is 0 Å². The number of anilines is 1. The molecule has 0 amide bonds. The van der Waals surface area contributed by atoms with Gasteiger partial charge in [-0.1, -0.05) is 25.4 Å². The molecule has 0 aromatic heterocycles. The van der Waals surface area contributed by atoms with Crippen molar-refractivity contribution in [1.29, 1.82) is 0 Å². The molecule has 5 nitrogen and oxygen atoms in total. The number of likely N-dealkylation sites (N-methyl/N-ethyl adjacent to an activating group) is 1. The van der Waals surface area contributed by atoms with Crippen LogP contribution in [0.5, 0.6) is 0 Å². The van der Waals surface area contributed by atoms with Crippen LogP contribution in [0.1, 0.15) is 20.8 Å². The van der Waals surface area contributed by atoms with Gasteiger partial charge in [-0.2, -0.15) is 0 Å². The summed E-state index contributed by atoms with van der Waals surface area (Å²) in [6.45, 7) is 10.1. The fourth-order valence-corrected chi connectivity index (χ4v) is 2.79. The van der Waals surface area contributed by atoms with Crippen molar-refractivity contribution in [2.24, 2.45) is 10.7 Å². The molecule has 0 saturated carbocycles. The van der Waals surface area contributed by atoms with Crippen molar-refractivity contribution in [2.75, 3.05) is 31.5 Å². The minimum absolute atomic E-state index is 0.0356. The van der Waals surface area contributed by atoms with Gasteiger partial charge in [-0.25, -0.2) is 4.99 Å². The van der Waals surface area contributed by atoms with Gasteiger partial charge < -0.3 is 16.0 Å². The first kappa shape index (κ1) is 19.2. The fraction of sp³-hybridized carbons (Fsp3) is 0.368. The third kappa shape index (κ3) is 4.94. The van der Waals surface area contributed by atoms with E-state index in [9.17, 15) is 4.79 Å². The SMILES string of the molecule is CCN(CC)CCNc1ccc(/N=C2\C=C(C)C(=O)C(Cl)=C2N)cc1. The maximum Gasteiger partial charge on any atom is 0.202 e. The number of hydrogen-bond donors (Lipinski definition) is 2. The van der Waals surface area contributed by atoms with Gasteiger partial charge >= 0.3 is 0 Å². The number of nitrogens with two attached hydrogens (primary N) is 1. The van der Waals surface area contributed by atoms with Crippen molar-refractivity contribution in [3.05, 3.63) is 46.6 Å². The van der Waals surface area contributed by atoms with E-state index in [1.807, 2.05) is 24.3 Å². The number of nitrogens with zero attached hydrogens (tertiary/aromatic N) is 2. The van der Waals surface area contributed by atoms with E-state index in [4.69, 9.17) is 17.3 Å². The second-order valence-electron chi connectivity index (χ2n) is 5.88. The summed E-state index contributed by atoms with van der Waals surface area (Å²) in [6, 6.07) is 7.78. The van der Waals surface area contributed by atoms with E-state index in [0.29, 0.717) is 11.3 Å². The Balaban J connectivity index is 2.04. The Morgan fingerprint density at radius 2 is 1.84 bits per heavy atom. The lowest BCUT2D eigenvalue weighted by Crippen LogP contribution is -2.28. The summed E-state index contributed by atoms with van der Waals surface area (Å²) in [5, 5.41) is 3.44. The van der Waals surface area contributed by atoms with Gasteiger partial charge in [0.25, 0.3) is 0 Å². The van der Waals surface area contributed by atoms with E-state index in [1.165, 1.54) is 0 Å². The summed E-state index contributed by atoms with van der Waals surface area (Å²) in [4.78, 5) is 18.6. The van der Waals surface area contributed by atoms with E-state index < -0.39 is 0 Å². The summed E-state index contributed by atoms with van der Waals surface area (Å²) >= 11 is 5.97. The number of rotatable bonds is 7. The minimum atomic E-state index is -0.245. The van der Waals surface area contributed by atoms with Crippen LogP contribution in [0.3, 0.4) is 0 Å². The first-order valence-corrected chi connectivity index (χ1v) is 8.87. The Bertz CT molecular complexity index is 715. The van der Waals surface area contributed by atoms with E-state index in [2.05, 4.69) is 29.1 Å². The second kappa shape index (κ2) is 8.83. The Kier molecular flexibility index (Phi) is 6.79. The van der Waals surface area contributed by atoms with Gasteiger partial charge in [0.2, 0.25) is 5.78 Å². The zero-order valence-electron chi connectivity index (χ0n) is 15.0. The molecule has 0 saturated heterocycles. The summed E-state index contributed by atoms with van der Waals surface area (Å²) in [5.74, 6) is -0.245. The van der Waals surface area contributed by atoms with Crippen LogP contribution in [-0.2, 0) is 4.79 Å². The average molecular weight is 361 g/mol. The number of carbonyl (C=O) groups is 1. The molecule has 1 aliphatic rings. The second-order valence-corrected chi connectivity index (χ2v) is 6.26. The zero-order chi connectivity index (χ0) is 18.4. The summed E-state index contributed by atoms with van der Waals surface area (Å²) < 4.78 is 0. The highest BCUT2D eigenvalue weighted by molar-refractivity contribution is 6.49. The highest BCUT2D eigenvalue weighted by atomic mass is 35.5. The summed E-state index contributed by atoms with van der Waals surface area (Å²) in [6.07, 6.45) is 1.67. The summed E-state index contributed by atoms with van der Waals surface area (Å²) in [7, 11) is 0. The van der Waals surface area contributed by atoms with Crippen molar-refractivity contribution in [3.63, 3.8) is 0 Å². The first-order chi connectivity index (χ1) is 12.0. The highest BCUT2D eigenvalue weighted by Gasteiger charge is 2.21. The maximum atomic E-state index is 11.8. The minimum Gasteiger partial charge on any atom is -0.396 e. The van der Waals surface area contributed by atoms with Crippen molar-refractivity contribution in [2.45, 2.75) is 20.8 Å². The van der Waals surface area contributed by atoms with Crippen LogP contribution < -0.4 is 11.1 Å². The highest BCUT2D eigenvalue weighted by Crippen LogP contribution is 2.23. The van der Waals surface area contributed by atoms with E-state index in [0.717, 1.165) is 37.6 Å². The quantitative estimate of drug-likeness (QED) is 0.730. The van der Waals surface area contributed by atoms with E-state index >= 15 is 0 Å². The molecule has 6 heteroatoms. The lowest BCUT2D eigenvalue weighted by Gasteiger charge is -2.18. The Morgan fingerprint density at radius 1 is 1.20 bits per heavy atom. The molecule has 0 spiro atoms. The molecule has 0 radical (unpaired) electrons. The number of nitrogens with one attached hydrogen (secondary N) is 1. The van der Waals surface area contributed by atoms with Crippen LogP contribution in [0.15, 0.2) is 51.6 Å². The summed E-state index contributed by atoms with van der Waals surface area (Å²) in [5.41, 5.74) is 8.99. The molecule has 25 heavy (non-hydrogen) atoms. The fourth-order valence-electron chi connectivity index (χ4n) is 2.54. The molecule has 2 rings (SSSR count). The Morgan fingerprint density at radius 3 is 2.44 bits per heavy atom. The van der Waals surface area contributed by atoms with Gasteiger partial charge in [-0.05, 0) is 50.4 Å². The van der Waals surface area contributed by atoms with Gasteiger partial charge in [0.1, 0.15) is 5.03 Å². The Hall–Kier alpha value is -2.11. The molecular formula is C19H25ClN4O. The van der Waals surface area contributed by atoms with Crippen LogP contribution >= 0.6 is 11.6 Å². The number of carbonyl (C=O) groups excluding carboxylic acids is 1. The molecule has 0 bridgehead atoms. The predicted molar refractivity (Wildman–Crippen MR) is 106 cm³/mol. The number of aliphatic imine (C=N–C) groups is 1. The molecular weight excluding hydrogens is 336 g/mol. The largest absolute Gasteiger partial charge is 0.396 e. The third-order valence-electron chi connectivity index (χ3n) is 4.19. The van der Waals surface area contributed by atoms with Crippen molar-refractivity contribution in [1.82, 2.24) is 4.90 Å². The van der Waals surface area contributed by atoms with Gasteiger partial charge in [0.05, 0.1) is 17.1 Å². The number of Topliss-reactive ketones (excluding diaryl/α,β-unsaturated/α-hetero) is 1. The zero-order valence-corrected chi connectivity index (χ0v) is 15.7. The molecule has 134 valence electrons. The van der Waals surface area contributed by atoms with Crippen molar-refractivity contribution >= 4 is 34.5 Å². The van der Waals surface area contributed by atoms with Gasteiger partial charge in [-0.3, -0.25) is 4.79 Å². The topological polar surface area (TPSA) is 70.7 Å². The smallest absolute Gasteiger partial charge is 0.202 e. The molecule has 1 aliphatic carbocycles. The van der Waals surface area contributed by atoms with Gasteiger partial charge in [0, 0.05) is 24.4 Å². The third-order valence-corrected chi connectivity index (χ3v) is 4.57. The van der Waals surface area contributed by atoms with E-state index in [1.54, 1.807) is 13.0 Å². The number of allylic oxidation sites excluding steroid dienone is 3. The number of benzene rings is 1. The normalized spacial score (nSPS) is 16.6. The molecule has 0 fully saturated rings. The first-order valence-electron chi connectivity index (χ1n) is 8.49.